The lowest BCUT2D eigenvalue weighted by molar-refractivity contribution is -0.123. The minimum absolute atomic E-state index is 0.0579. The highest BCUT2D eigenvalue weighted by Gasteiger charge is 2.21. The highest BCUT2D eigenvalue weighted by Crippen LogP contribution is 2.13. The van der Waals surface area contributed by atoms with E-state index < -0.39 is 0 Å². The van der Waals surface area contributed by atoms with Crippen LogP contribution in [0.25, 0.3) is 0 Å². The summed E-state index contributed by atoms with van der Waals surface area (Å²) in [6.07, 6.45) is 1.57. The number of amides is 1. The van der Waals surface area contributed by atoms with E-state index in [1.165, 1.54) is 0 Å². The number of aliphatic hydroxyl groups excluding tert-OH is 1. The predicted octanol–water partition coefficient (Wildman–Crippen LogP) is 0.290. The molecule has 9 heavy (non-hydrogen) atoms. The van der Waals surface area contributed by atoms with Crippen molar-refractivity contribution < 1.29 is 9.90 Å². The fourth-order valence-corrected chi connectivity index (χ4v) is 0.862. The molecule has 3 heteroatoms. The topological polar surface area (TPSA) is 40.5 Å². The van der Waals surface area contributed by atoms with Crippen LogP contribution in [0.5, 0.6) is 0 Å². The first kappa shape index (κ1) is 6.13. The van der Waals surface area contributed by atoms with Crippen LogP contribution in [0.1, 0.15) is 6.42 Å². The lowest BCUT2D eigenvalue weighted by Crippen LogP contribution is -2.18. The molecule has 1 N–H and O–H groups in total. The van der Waals surface area contributed by atoms with E-state index in [1.807, 2.05) is 0 Å². The second kappa shape index (κ2) is 2.09. The zero-order valence-electron chi connectivity index (χ0n) is 5.29. The van der Waals surface area contributed by atoms with Crippen molar-refractivity contribution >= 4 is 5.91 Å². The van der Waals surface area contributed by atoms with Crippen LogP contribution >= 0.6 is 0 Å². The summed E-state index contributed by atoms with van der Waals surface area (Å²) in [6, 6.07) is 0. The summed E-state index contributed by atoms with van der Waals surface area (Å²) in [5.74, 6) is -0.0579. The first-order valence-electron chi connectivity index (χ1n) is 2.84. The van der Waals surface area contributed by atoms with Crippen molar-refractivity contribution in [1.82, 2.24) is 4.90 Å². The number of carbonyl (C=O) groups is 1. The maximum Gasteiger partial charge on any atom is 0.252 e. The Hall–Kier alpha value is -0.990. The minimum Gasteiger partial charge on any atom is -0.515 e. The van der Waals surface area contributed by atoms with Crippen molar-refractivity contribution in [2.24, 2.45) is 0 Å². The van der Waals surface area contributed by atoms with Crippen LogP contribution in [-0.2, 0) is 4.79 Å². The molecule has 1 heterocycles. The van der Waals surface area contributed by atoms with Gasteiger partial charge in [0.2, 0.25) is 0 Å². The summed E-state index contributed by atoms with van der Waals surface area (Å²) in [7, 11) is 1.72. The molecule has 0 unspecified atom stereocenters. The summed E-state index contributed by atoms with van der Waals surface area (Å²) in [5.41, 5.74) is 0.512. The summed E-state index contributed by atoms with van der Waals surface area (Å²) in [5, 5.41) is 8.44. The molecule has 0 atom stereocenters. The number of hydrogen-bond donors (Lipinski definition) is 1. The minimum atomic E-state index is -0.0579. The van der Waals surface area contributed by atoms with Gasteiger partial charge in [-0.15, -0.1) is 0 Å². The quantitative estimate of drug-likeness (QED) is 0.375. The van der Waals surface area contributed by atoms with E-state index >= 15 is 0 Å². The van der Waals surface area contributed by atoms with Gasteiger partial charge in [-0.3, -0.25) is 4.79 Å². The van der Waals surface area contributed by atoms with Crippen molar-refractivity contribution in [3.8, 4) is 0 Å². The number of likely N-dealkylation sites (tertiary alicyclic amines) is 1. The highest BCUT2D eigenvalue weighted by atomic mass is 16.2. The second-order valence-corrected chi connectivity index (χ2v) is 2.13. The normalized spacial score (nSPS) is 23.9. The zero-order valence-corrected chi connectivity index (χ0v) is 5.29. The maximum absolute atomic E-state index is 10.8. The summed E-state index contributed by atoms with van der Waals surface area (Å²) < 4.78 is 0. The molecule has 3 nitrogen and oxygen atoms in total. The van der Waals surface area contributed by atoms with Crippen LogP contribution in [-0.4, -0.2) is 29.5 Å². The molecule has 1 rings (SSSR count). The van der Waals surface area contributed by atoms with E-state index in [0.717, 1.165) is 12.8 Å². The molecule has 0 saturated carbocycles. The predicted molar refractivity (Wildman–Crippen MR) is 33.0 cm³/mol. The molecular formula is C6H9NO2. The number of hydrogen-bond acceptors (Lipinski definition) is 2. The number of likely N-dealkylation sites (N-methyl/N-ethyl adjacent to an activating group) is 1. The molecule has 0 bridgehead atoms. The largest absolute Gasteiger partial charge is 0.515 e. The van der Waals surface area contributed by atoms with E-state index in [2.05, 4.69) is 0 Å². The Kier molecular flexibility index (Phi) is 1.42. The standard InChI is InChI=1S/C6H9NO2/c1-7-3-2-5(4-8)6(7)9/h4,8H,2-3H2,1H3. The Morgan fingerprint density at radius 2 is 2.44 bits per heavy atom. The van der Waals surface area contributed by atoms with Gasteiger partial charge in [-0.05, 0) is 6.42 Å². The molecule has 0 aromatic rings. The smallest absolute Gasteiger partial charge is 0.252 e. The molecule has 0 aromatic heterocycles. The van der Waals surface area contributed by atoms with Gasteiger partial charge in [-0.2, -0.15) is 0 Å². The molecule has 0 aromatic carbocycles. The lowest BCUT2D eigenvalue weighted by atomic mass is 10.3. The van der Waals surface area contributed by atoms with E-state index in [4.69, 9.17) is 5.11 Å². The van der Waals surface area contributed by atoms with Crippen LogP contribution in [0.4, 0.5) is 0 Å². The van der Waals surface area contributed by atoms with Gasteiger partial charge in [0.05, 0.1) is 11.8 Å². The van der Waals surface area contributed by atoms with Gasteiger partial charge in [-0.25, -0.2) is 0 Å². The maximum atomic E-state index is 10.8. The molecule has 1 aliphatic heterocycles. The molecule has 0 radical (unpaired) electrons. The molecule has 1 saturated heterocycles. The van der Waals surface area contributed by atoms with Crippen molar-refractivity contribution in [1.29, 1.82) is 0 Å². The second-order valence-electron chi connectivity index (χ2n) is 2.13. The summed E-state index contributed by atoms with van der Waals surface area (Å²) in [6.45, 7) is 0.727. The number of nitrogens with zero attached hydrogens (tertiary/aromatic N) is 1. The van der Waals surface area contributed by atoms with E-state index in [9.17, 15) is 4.79 Å². The Morgan fingerprint density at radius 1 is 1.78 bits per heavy atom. The van der Waals surface area contributed by atoms with Gasteiger partial charge >= 0.3 is 0 Å². The van der Waals surface area contributed by atoms with Gasteiger partial charge < -0.3 is 10.0 Å². The molecular weight excluding hydrogens is 118 g/mol. The Balaban J connectivity index is 2.74. The van der Waals surface area contributed by atoms with Gasteiger partial charge in [0.1, 0.15) is 0 Å². The number of carbonyl (C=O) groups excluding carboxylic acids is 1. The third-order valence-electron chi connectivity index (χ3n) is 1.49. The van der Waals surface area contributed by atoms with Gasteiger partial charge in [0.15, 0.2) is 0 Å². The molecule has 50 valence electrons. The molecule has 1 amide bonds. The highest BCUT2D eigenvalue weighted by molar-refractivity contribution is 5.95. The molecule has 1 fully saturated rings. The van der Waals surface area contributed by atoms with Gasteiger partial charge in [0.25, 0.3) is 5.91 Å². The average molecular weight is 127 g/mol. The Morgan fingerprint density at radius 3 is 2.67 bits per heavy atom. The van der Waals surface area contributed by atoms with Crippen LogP contribution in [0.2, 0.25) is 0 Å². The number of rotatable bonds is 0. The van der Waals surface area contributed by atoms with Crippen LogP contribution in [0, 0.1) is 0 Å². The van der Waals surface area contributed by atoms with Crippen molar-refractivity contribution in [3.63, 3.8) is 0 Å². The molecule has 0 aliphatic carbocycles. The SMILES string of the molecule is CN1CCC(=CO)C1=O. The Labute approximate surface area is 53.6 Å². The average Bonchev–Trinajstić information content (AvgIpc) is 2.15. The monoisotopic (exact) mass is 127 g/mol. The first-order chi connectivity index (χ1) is 4.25. The van der Waals surface area contributed by atoms with Crippen LogP contribution in [0.3, 0.4) is 0 Å². The van der Waals surface area contributed by atoms with E-state index in [-0.39, 0.29) is 5.91 Å². The fraction of sp³-hybridized carbons (Fsp3) is 0.500. The molecule has 1 aliphatic rings. The lowest BCUT2D eigenvalue weighted by Gasteiger charge is -2.03. The zero-order chi connectivity index (χ0) is 6.85. The van der Waals surface area contributed by atoms with E-state index in [0.29, 0.717) is 12.0 Å². The number of aliphatic hydroxyl groups is 1. The van der Waals surface area contributed by atoms with Crippen LogP contribution in [0.15, 0.2) is 11.8 Å². The third kappa shape index (κ3) is 0.896. The van der Waals surface area contributed by atoms with Gasteiger partial charge in [0, 0.05) is 13.6 Å². The summed E-state index contributed by atoms with van der Waals surface area (Å²) >= 11 is 0. The van der Waals surface area contributed by atoms with Crippen LogP contribution < -0.4 is 0 Å². The third-order valence-corrected chi connectivity index (χ3v) is 1.49. The van der Waals surface area contributed by atoms with E-state index in [1.54, 1.807) is 11.9 Å². The molecule has 0 spiro atoms. The summed E-state index contributed by atoms with van der Waals surface area (Å²) in [4.78, 5) is 12.4. The van der Waals surface area contributed by atoms with Crippen molar-refractivity contribution in [2.45, 2.75) is 6.42 Å². The van der Waals surface area contributed by atoms with Crippen molar-refractivity contribution in [2.75, 3.05) is 13.6 Å². The fourth-order valence-electron chi connectivity index (χ4n) is 0.862. The van der Waals surface area contributed by atoms with Gasteiger partial charge in [-0.1, -0.05) is 0 Å². The van der Waals surface area contributed by atoms with Crippen molar-refractivity contribution in [3.05, 3.63) is 11.8 Å². The first-order valence-corrected chi connectivity index (χ1v) is 2.84. The Bertz CT molecular complexity index is 162.